The van der Waals surface area contributed by atoms with Crippen LogP contribution in [0.15, 0.2) is 0 Å². The molecular formula is C17H34N2. The maximum absolute atomic E-state index is 3.49. The van der Waals surface area contributed by atoms with Crippen LogP contribution in [0, 0.1) is 11.3 Å². The molecule has 2 aliphatic carbocycles. The second kappa shape index (κ2) is 7.08. The minimum Gasteiger partial charge on any atom is -0.319 e. The summed E-state index contributed by atoms with van der Waals surface area (Å²) in [7, 11) is 2.13. The molecule has 2 nitrogen and oxygen atoms in total. The molecule has 2 heteroatoms. The van der Waals surface area contributed by atoms with E-state index in [0.717, 1.165) is 12.0 Å². The average Bonchev–Trinajstić information content (AvgIpc) is 3.23. The molecule has 0 heterocycles. The Hall–Kier alpha value is -0.0800. The van der Waals surface area contributed by atoms with Crippen LogP contribution in [0.5, 0.6) is 0 Å². The number of unbranched alkanes of at least 4 members (excludes halogenated alkanes) is 1. The molecule has 0 atom stereocenters. The topological polar surface area (TPSA) is 15.3 Å². The molecule has 2 rings (SSSR count). The van der Waals surface area contributed by atoms with Crippen molar-refractivity contribution in [2.45, 2.75) is 71.3 Å². The maximum Gasteiger partial charge on any atom is 0.00966 e. The Morgan fingerprint density at radius 2 is 1.84 bits per heavy atom. The first-order chi connectivity index (χ1) is 9.19. The number of rotatable bonds is 8. The van der Waals surface area contributed by atoms with Gasteiger partial charge in [0, 0.05) is 19.1 Å². The summed E-state index contributed by atoms with van der Waals surface area (Å²) in [6, 6.07) is 0.930. The molecule has 0 bridgehead atoms. The Balaban J connectivity index is 1.93. The smallest absolute Gasteiger partial charge is 0.00966 e. The van der Waals surface area contributed by atoms with Gasteiger partial charge in [-0.15, -0.1) is 0 Å². The van der Waals surface area contributed by atoms with Crippen molar-refractivity contribution >= 4 is 0 Å². The Labute approximate surface area is 120 Å². The predicted octanol–water partition coefficient (Wildman–Crippen LogP) is 3.67. The summed E-state index contributed by atoms with van der Waals surface area (Å²) >= 11 is 0. The van der Waals surface area contributed by atoms with Crippen LogP contribution in [0.3, 0.4) is 0 Å². The molecule has 112 valence electrons. The van der Waals surface area contributed by atoms with E-state index in [9.17, 15) is 0 Å². The molecule has 0 aromatic heterocycles. The van der Waals surface area contributed by atoms with E-state index in [0.29, 0.717) is 5.41 Å². The number of hydrogen-bond acceptors (Lipinski definition) is 2. The Morgan fingerprint density at radius 1 is 1.16 bits per heavy atom. The molecule has 0 radical (unpaired) electrons. The van der Waals surface area contributed by atoms with E-state index in [1.165, 1.54) is 71.0 Å². The van der Waals surface area contributed by atoms with Gasteiger partial charge in [-0.05, 0) is 57.0 Å². The largest absolute Gasteiger partial charge is 0.319 e. The van der Waals surface area contributed by atoms with Crippen LogP contribution in [0.1, 0.15) is 65.2 Å². The van der Waals surface area contributed by atoms with Gasteiger partial charge in [0.05, 0.1) is 0 Å². The van der Waals surface area contributed by atoms with Crippen molar-refractivity contribution in [2.75, 3.05) is 26.7 Å². The quantitative estimate of drug-likeness (QED) is 0.721. The van der Waals surface area contributed by atoms with Gasteiger partial charge in [0.25, 0.3) is 0 Å². The normalized spacial score (nSPS) is 31.9. The van der Waals surface area contributed by atoms with Crippen molar-refractivity contribution < 1.29 is 0 Å². The summed E-state index contributed by atoms with van der Waals surface area (Å²) in [4.78, 5) is 2.83. The molecule has 0 aliphatic heterocycles. The zero-order valence-corrected chi connectivity index (χ0v) is 13.4. The molecule has 0 unspecified atom stereocenters. The first-order valence-electron chi connectivity index (χ1n) is 8.58. The molecule has 2 fully saturated rings. The van der Waals surface area contributed by atoms with Crippen LogP contribution >= 0.6 is 0 Å². The third-order valence-corrected chi connectivity index (χ3v) is 5.29. The standard InChI is InChI=1S/C17H34N2/c1-4-5-12-19(16-6-7-16)14-17(13-18-3)10-8-15(2)9-11-17/h15-16,18H,4-14H2,1-3H3. The van der Waals surface area contributed by atoms with Gasteiger partial charge in [-0.25, -0.2) is 0 Å². The molecule has 0 saturated heterocycles. The van der Waals surface area contributed by atoms with E-state index >= 15 is 0 Å². The molecule has 2 aliphatic rings. The Kier molecular flexibility index (Phi) is 5.70. The van der Waals surface area contributed by atoms with Gasteiger partial charge >= 0.3 is 0 Å². The van der Waals surface area contributed by atoms with Gasteiger partial charge in [0.15, 0.2) is 0 Å². The highest BCUT2D eigenvalue weighted by Gasteiger charge is 2.38. The number of nitrogens with one attached hydrogen (secondary N) is 1. The highest BCUT2D eigenvalue weighted by Crippen LogP contribution is 2.41. The van der Waals surface area contributed by atoms with Crippen molar-refractivity contribution in [1.82, 2.24) is 10.2 Å². The highest BCUT2D eigenvalue weighted by atomic mass is 15.2. The van der Waals surface area contributed by atoms with Gasteiger partial charge in [-0.1, -0.05) is 33.1 Å². The second-order valence-corrected chi connectivity index (χ2v) is 7.27. The average molecular weight is 266 g/mol. The lowest BCUT2D eigenvalue weighted by atomic mass is 9.70. The lowest BCUT2D eigenvalue weighted by Crippen LogP contribution is -2.46. The SMILES string of the molecule is CCCCN(CC1(CNC)CCC(C)CC1)C1CC1. The summed E-state index contributed by atoms with van der Waals surface area (Å²) in [5.41, 5.74) is 0.567. The van der Waals surface area contributed by atoms with Gasteiger partial charge in [-0.2, -0.15) is 0 Å². The fourth-order valence-corrected chi connectivity index (χ4v) is 3.76. The number of nitrogens with zero attached hydrogens (tertiary/aromatic N) is 1. The monoisotopic (exact) mass is 266 g/mol. The summed E-state index contributed by atoms with van der Waals surface area (Å²) in [6.07, 6.45) is 11.4. The van der Waals surface area contributed by atoms with Crippen LogP contribution in [0.25, 0.3) is 0 Å². The van der Waals surface area contributed by atoms with E-state index in [4.69, 9.17) is 0 Å². The lowest BCUT2D eigenvalue weighted by molar-refractivity contribution is 0.0830. The molecule has 1 N–H and O–H groups in total. The third-order valence-electron chi connectivity index (χ3n) is 5.29. The molecule has 0 amide bonds. The van der Waals surface area contributed by atoms with Crippen LogP contribution < -0.4 is 5.32 Å². The van der Waals surface area contributed by atoms with Gasteiger partial charge in [0.2, 0.25) is 0 Å². The summed E-state index contributed by atoms with van der Waals surface area (Å²) in [5.74, 6) is 0.954. The fourth-order valence-electron chi connectivity index (χ4n) is 3.76. The third kappa shape index (κ3) is 4.46. The Morgan fingerprint density at radius 3 is 2.37 bits per heavy atom. The van der Waals surface area contributed by atoms with Gasteiger partial charge in [-0.3, -0.25) is 4.90 Å². The predicted molar refractivity (Wildman–Crippen MR) is 83.5 cm³/mol. The van der Waals surface area contributed by atoms with Crippen LogP contribution in [0.4, 0.5) is 0 Å². The van der Waals surface area contributed by atoms with E-state index < -0.39 is 0 Å². The molecular weight excluding hydrogens is 232 g/mol. The van der Waals surface area contributed by atoms with Gasteiger partial charge < -0.3 is 5.32 Å². The molecule has 0 aromatic carbocycles. The molecule has 19 heavy (non-hydrogen) atoms. The Bertz CT molecular complexity index is 252. The van der Waals surface area contributed by atoms with E-state index in [-0.39, 0.29) is 0 Å². The van der Waals surface area contributed by atoms with E-state index in [1.807, 2.05) is 0 Å². The van der Waals surface area contributed by atoms with Crippen molar-refractivity contribution in [3.63, 3.8) is 0 Å². The minimum absolute atomic E-state index is 0.567. The first kappa shape index (κ1) is 15.3. The zero-order chi connectivity index (χ0) is 13.7. The van der Waals surface area contributed by atoms with Crippen molar-refractivity contribution in [3.8, 4) is 0 Å². The molecule has 2 saturated carbocycles. The highest BCUT2D eigenvalue weighted by molar-refractivity contribution is 4.93. The van der Waals surface area contributed by atoms with Crippen molar-refractivity contribution in [3.05, 3.63) is 0 Å². The maximum atomic E-state index is 3.49. The first-order valence-corrected chi connectivity index (χ1v) is 8.58. The van der Waals surface area contributed by atoms with Crippen LogP contribution in [0.2, 0.25) is 0 Å². The zero-order valence-electron chi connectivity index (χ0n) is 13.4. The van der Waals surface area contributed by atoms with E-state index in [2.05, 4.69) is 31.1 Å². The van der Waals surface area contributed by atoms with Crippen LogP contribution in [-0.4, -0.2) is 37.6 Å². The minimum atomic E-state index is 0.567. The van der Waals surface area contributed by atoms with Gasteiger partial charge in [0.1, 0.15) is 0 Å². The summed E-state index contributed by atoms with van der Waals surface area (Å²) in [6.45, 7) is 8.65. The van der Waals surface area contributed by atoms with Crippen LogP contribution in [-0.2, 0) is 0 Å². The summed E-state index contributed by atoms with van der Waals surface area (Å²) < 4.78 is 0. The molecule has 0 spiro atoms. The molecule has 0 aromatic rings. The fraction of sp³-hybridized carbons (Fsp3) is 1.00. The summed E-state index contributed by atoms with van der Waals surface area (Å²) in [5, 5.41) is 3.49. The van der Waals surface area contributed by atoms with Crippen molar-refractivity contribution in [2.24, 2.45) is 11.3 Å². The van der Waals surface area contributed by atoms with Crippen molar-refractivity contribution in [1.29, 1.82) is 0 Å². The second-order valence-electron chi connectivity index (χ2n) is 7.27. The lowest BCUT2D eigenvalue weighted by Gasteiger charge is -2.43. The number of hydrogen-bond donors (Lipinski definition) is 1. The van der Waals surface area contributed by atoms with E-state index in [1.54, 1.807) is 0 Å².